The van der Waals surface area contributed by atoms with Gasteiger partial charge in [-0.15, -0.1) is 5.10 Å². The predicted octanol–water partition coefficient (Wildman–Crippen LogP) is 4.12. The molecule has 0 saturated heterocycles. The van der Waals surface area contributed by atoms with Crippen LogP contribution in [0.5, 0.6) is 0 Å². The molecular weight excluding hydrogens is 328 g/mol. The van der Waals surface area contributed by atoms with E-state index in [4.69, 9.17) is 0 Å². The van der Waals surface area contributed by atoms with Crippen LogP contribution in [-0.2, 0) is 0 Å². The summed E-state index contributed by atoms with van der Waals surface area (Å²) in [7, 11) is 0. The Morgan fingerprint density at radius 1 is 1.33 bits per heavy atom. The number of nitrogens with zero attached hydrogens (tertiary/aromatic N) is 3. The van der Waals surface area contributed by atoms with E-state index in [1.165, 1.54) is 19.3 Å². The molecule has 2 aliphatic carbocycles. The lowest BCUT2D eigenvalue weighted by Gasteiger charge is -2.42. The number of pyridine rings is 1. The van der Waals surface area contributed by atoms with E-state index in [0.717, 1.165) is 22.0 Å². The van der Waals surface area contributed by atoms with Crippen LogP contribution in [0.2, 0.25) is 0 Å². The zero-order valence-electron chi connectivity index (χ0n) is 12.7. The molecule has 2 heterocycles. The van der Waals surface area contributed by atoms with Gasteiger partial charge in [0.15, 0.2) is 5.65 Å². The first-order valence-corrected chi connectivity index (χ1v) is 8.46. The molecule has 0 spiro atoms. The van der Waals surface area contributed by atoms with Crippen molar-refractivity contribution in [3.8, 4) is 0 Å². The van der Waals surface area contributed by atoms with Crippen LogP contribution < -0.4 is 5.32 Å². The maximum atomic E-state index is 4.62. The quantitative estimate of drug-likeness (QED) is 0.887. The molecule has 4 rings (SSSR count). The van der Waals surface area contributed by atoms with Gasteiger partial charge in [-0.3, -0.25) is 0 Å². The van der Waals surface area contributed by atoms with E-state index in [1.807, 2.05) is 22.8 Å². The van der Waals surface area contributed by atoms with Gasteiger partial charge in [0.1, 0.15) is 0 Å². The van der Waals surface area contributed by atoms with Gasteiger partial charge < -0.3 is 5.32 Å². The molecule has 2 saturated carbocycles. The monoisotopic (exact) mass is 348 g/mol. The molecule has 3 unspecified atom stereocenters. The third-order valence-corrected chi connectivity index (χ3v) is 6.31. The van der Waals surface area contributed by atoms with E-state index in [0.29, 0.717) is 16.9 Å². The molecule has 4 nitrogen and oxygen atoms in total. The average Bonchev–Trinajstić information content (AvgIpc) is 3.03. The Morgan fingerprint density at radius 2 is 2.14 bits per heavy atom. The van der Waals surface area contributed by atoms with Crippen molar-refractivity contribution < 1.29 is 0 Å². The highest BCUT2D eigenvalue weighted by molar-refractivity contribution is 9.10. The Morgan fingerprint density at radius 3 is 2.86 bits per heavy atom. The van der Waals surface area contributed by atoms with Crippen molar-refractivity contribution in [3.05, 3.63) is 22.8 Å². The third-order valence-electron chi connectivity index (χ3n) is 5.84. The van der Waals surface area contributed by atoms with E-state index in [2.05, 4.69) is 52.1 Å². The molecule has 0 aromatic carbocycles. The van der Waals surface area contributed by atoms with Gasteiger partial charge in [0.25, 0.3) is 0 Å². The molecule has 0 amide bonds. The van der Waals surface area contributed by atoms with Crippen LogP contribution in [0.1, 0.15) is 40.0 Å². The normalized spacial score (nSPS) is 33.7. The minimum Gasteiger partial charge on any atom is -0.349 e. The Bertz CT molecular complexity index is 703. The third kappa shape index (κ3) is 1.93. The Hall–Kier alpha value is -1.10. The van der Waals surface area contributed by atoms with Gasteiger partial charge in [-0.2, -0.15) is 4.98 Å². The van der Waals surface area contributed by atoms with Crippen molar-refractivity contribution in [2.75, 3.05) is 5.32 Å². The summed E-state index contributed by atoms with van der Waals surface area (Å²) in [5.41, 5.74) is 1.57. The summed E-state index contributed by atoms with van der Waals surface area (Å²) >= 11 is 3.47. The van der Waals surface area contributed by atoms with Crippen LogP contribution >= 0.6 is 15.9 Å². The highest BCUT2D eigenvalue weighted by Crippen LogP contribution is 2.62. The summed E-state index contributed by atoms with van der Waals surface area (Å²) < 4.78 is 2.84. The zero-order chi connectivity index (χ0) is 14.8. The summed E-state index contributed by atoms with van der Waals surface area (Å²) in [6.45, 7) is 7.21. The number of rotatable bonds is 2. The predicted molar refractivity (Wildman–Crippen MR) is 87.3 cm³/mol. The van der Waals surface area contributed by atoms with Gasteiger partial charge in [0.2, 0.25) is 5.95 Å². The SMILES string of the molecule is CC12CCC(C1)C(C)(C)C2Nc1nc2ccc(Br)cn2n1. The number of hydrogen-bond donors (Lipinski definition) is 1. The number of hydrogen-bond acceptors (Lipinski definition) is 3. The first kappa shape index (κ1) is 13.6. The second-order valence-electron chi connectivity index (χ2n) is 7.58. The average molecular weight is 349 g/mol. The molecule has 2 aromatic heterocycles. The number of halogens is 1. The van der Waals surface area contributed by atoms with Crippen LogP contribution in [0, 0.1) is 16.7 Å². The van der Waals surface area contributed by atoms with Gasteiger partial charge in [0, 0.05) is 16.7 Å². The van der Waals surface area contributed by atoms with E-state index in [-0.39, 0.29) is 0 Å². The van der Waals surface area contributed by atoms with E-state index in [1.54, 1.807) is 0 Å². The lowest BCUT2D eigenvalue weighted by Crippen LogP contribution is -2.46. The summed E-state index contributed by atoms with van der Waals surface area (Å²) in [4.78, 5) is 4.62. The fourth-order valence-electron chi connectivity index (χ4n) is 4.71. The molecule has 112 valence electrons. The standard InChI is InChI=1S/C16H21BrN4/c1-15(2)10-6-7-16(3,8-10)13(15)19-14-18-12-5-4-11(17)9-21(12)20-14/h4-5,9-10,13H,6-8H2,1-3H3,(H,19,20). The van der Waals surface area contributed by atoms with E-state index < -0.39 is 0 Å². The Kier molecular flexibility index (Phi) is 2.72. The molecule has 1 N–H and O–H groups in total. The second-order valence-corrected chi connectivity index (χ2v) is 8.49. The Balaban J connectivity index is 1.68. The molecule has 5 heteroatoms. The minimum absolute atomic E-state index is 0.311. The van der Waals surface area contributed by atoms with Gasteiger partial charge in [-0.1, -0.05) is 20.8 Å². The van der Waals surface area contributed by atoms with Gasteiger partial charge in [-0.25, -0.2) is 4.52 Å². The number of nitrogens with one attached hydrogen (secondary N) is 1. The number of anilines is 1. The van der Waals surface area contributed by atoms with Crippen molar-refractivity contribution in [3.63, 3.8) is 0 Å². The summed E-state index contributed by atoms with van der Waals surface area (Å²) in [6.07, 6.45) is 5.96. The van der Waals surface area contributed by atoms with E-state index >= 15 is 0 Å². The van der Waals surface area contributed by atoms with Crippen LogP contribution in [0.3, 0.4) is 0 Å². The lowest BCUT2D eigenvalue weighted by atomic mass is 9.68. The van der Waals surface area contributed by atoms with Crippen LogP contribution in [0.15, 0.2) is 22.8 Å². The zero-order valence-corrected chi connectivity index (χ0v) is 14.3. The van der Waals surface area contributed by atoms with Gasteiger partial charge >= 0.3 is 0 Å². The highest BCUT2D eigenvalue weighted by Gasteiger charge is 2.59. The molecule has 3 atom stereocenters. The second kappa shape index (κ2) is 4.22. The molecule has 0 aliphatic heterocycles. The van der Waals surface area contributed by atoms with Gasteiger partial charge in [0.05, 0.1) is 0 Å². The molecule has 21 heavy (non-hydrogen) atoms. The maximum absolute atomic E-state index is 4.62. The topological polar surface area (TPSA) is 42.2 Å². The van der Waals surface area contributed by atoms with Gasteiger partial charge in [-0.05, 0) is 64.1 Å². The lowest BCUT2D eigenvalue weighted by molar-refractivity contribution is 0.155. The minimum atomic E-state index is 0.311. The molecular formula is C16H21BrN4. The summed E-state index contributed by atoms with van der Waals surface area (Å²) in [6, 6.07) is 4.43. The largest absolute Gasteiger partial charge is 0.349 e. The fraction of sp³-hybridized carbons (Fsp3) is 0.625. The van der Waals surface area contributed by atoms with Crippen molar-refractivity contribution in [1.29, 1.82) is 0 Å². The van der Waals surface area contributed by atoms with Crippen molar-refractivity contribution in [2.45, 2.75) is 46.1 Å². The molecule has 2 aromatic rings. The van der Waals surface area contributed by atoms with Crippen LogP contribution in [0.4, 0.5) is 5.95 Å². The van der Waals surface area contributed by atoms with Crippen LogP contribution in [-0.4, -0.2) is 20.6 Å². The maximum Gasteiger partial charge on any atom is 0.243 e. The molecule has 0 radical (unpaired) electrons. The Labute approximate surface area is 133 Å². The molecule has 2 fully saturated rings. The first-order chi connectivity index (χ1) is 9.88. The number of fused-ring (bicyclic) bond motifs is 3. The summed E-state index contributed by atoms with van der Waals surface area (Å²) in [5.74, 6) is 1.58. The molecule has 2 bridgehead atoms. The highest BCUT2D eigenvalue weighted by atomic mass is 79.9. The summed E-state index contributed by atoms with van der Waals surface area (Å²) in [5, 5.41) is 8.24. The van der Waals surface area contributed by atoms with E-state index in [9.17, 15) is 0 Å². The van der Waals surface area contributed by atoms with Crippen LogP contribution in [0.25, 0.3) is 5.65 Å². The van der Waals surface area contributed by atoms with Crippen molar-refractivity contribution >= 4 is 27.5 Å². The fourth-order valence-corrected chi connectivity index (χ4v) is 5.04. The first-order valence-electron chi connectivity index (χ1n) is 7.67. The molecule has 2 aliphatic rings. The van der Waals surface area contributed by atoms with Crippen molar-refractivity contribution in [2.24, 2.45) is 16.7 Å². The number of aromatic nitrogens is 3. The van der Waals surface area contributed by atoms with Crippen molar-refractivity contribution in [1.82, 2.24) is 14.6 Å². The smallest absolute Gasteiger partial charge is 0.243 e.